The topological polar surface area (TPSA) is 215 Å². The van der Waals surface area contributed by atoms with Crippen molar-refractivity contribution in [3.05, 3.63) is 86.4 Å². The number of esters is 1. The number of benzene rings is 1. The molecule has 2 fully saturated rings. The number of aldehydes is 1. The number of carbonyl (C=O) groups excluding carboxylic acids is 3. The van der Waals surface area contributed by atoms with Gasteiger partial charge in [-0.1, -0.05) is 39.3 Å². The van der Waals surface area contributed by atoms with Gasteiger partial charge in [0.05, 0.1) is 18.4 Å². The zero-order valence-electron chi connectivity index (χ0n) is 35.3. The van der Waals surface area contributed by atoms with Crippen LogP contribution in [0, 0.1) is 17.8 Å². The molecule has 5 aliphatic rings. The van der Waals surface area contributed by atoms with Crippen LogP contribution >= 0.6 is 21.6 Å². The second kappa shape index (κ2) is 18.1. The number of hydrogen-bond acceptors (Lipinski definition) is 15. The standard InChI is InChI=1S/C46H56N4O10S2/c1-4-26(8-11-52)44(57)60-45(2)9-7-27-24-61-62-37-15-32(23-54)41(48-3)34-21-50(42(34)37)39(55)16-31-20-49-38(47)17-33(31)40(27)46(45)19-30-14-28-13-29(12-25(22-53)6-5-10-51)43(56)58-35(28)18-36(30)59-46/h4,7,13-14,17-18,20,23,25,32,34,37,40-42,48,51-53H,5-6,8-12,15-16,19,21-22,24H2,1-3H3,(H2,47,49)/b26-4+/t25-,32-,34-,37-,40-,41+,42-,45-,46-/m1/s1. The number of anilines is 1. The molecular weight excluding hydrogens is 833 g/mol. The normalized spacial score (nSPS) is 29.8. The summed E-state index contributed by atoms with van der Waals surface area (Å²) in [4.78, 5) is 60.8. The van der Waals surface area contributed by atoms with Crippen molar-refractivity contribution in [2.24, 2.45) is 17.8 Å². The van der Waals surface area contributed by atoms with E-state index < -0.39 is 28.7 Å². The highest BCUT2D eigenvalue weighted by atomic mass is 33.1. The zero-order chi connectivity index (χ0) is 43.9. The van der Waals surface area contributed by atoms with Gasteiger partial charge in [-0.3, -0.25) is 4.79 Å². The SMILES string of the molecule is C/C=C(\CCO)C(=O)O[C@]1(C)CC=C2CSS[C@@H]3C[C@H](C=O)[C@H](NC)[C@H]4CN(C(=O)Cc5cnc(N)cc5[C@@H]2[C@]12Cc1cc5cc(C[C@H](CO)CCCO)c(=O)oc5cc1O2)[C@H]43. The smallest absolute Gasteiger partial charge is 0.339 e. The number of aliphatic hydroxyl groups excluding tert-OH is 3. The van der Waals surface area contributed by atoms with Gasteiger partial charge in [-0.25, -0.2) is 14.6 Å². The Morgan fingerprint density at radius 1 is 1.18 bits per heavy atom. The first-order valence-electron chi connectivity index (χ1n) is 21.5. The van der Waals surface area contributed by atoms with Crippen LogP contribution in [-0.4, -0.2) is 111 Å². The third-order valence-corrected chi connectivity index (χ3v) is 16.8. The van der Waals surface area contributed by atoms with Crippen LogP contribution in [0.3, 0.4) is 0 Å². The number of carbonyl (C=O) groups is 3. The number of pyridine rings is 1. The van der Waals surface area contributed by atoms with Gasteiger partial charge < -0.3 is 50.0 Å². The second-order valence-corrected chi connectivity index (χ2v) is 20.2. The van der Waals surface area contributed by atoms with E-state index in [0.29, 0.717) is 65.0 Å². The average Bonchev–Trinajstić information content (AvgIpc) is 3.61. The lowest BCUT2D eigenvalue weighted by Gasteiger charge is -2.58. The number of aliphatic hydroxyl groups is 3. The van der Waals surface area contributed by atoms with Gasteiger partial charge in [0.25, 0.3) is 0 Å². The predicted octanol–water partition coefficient (Wildman–Crippen LogP) is 4.05. The van der Waals surface area contributed by atoms with E-state index in [4.69, 9.17) is 19.6 Å². The molecule has 1 aromatic carbocycles. The number of ether oxygens (including phenoxy) is 2. The lowest BCUT2D eigenvalue weighted by Crippen LogP contribution is -2.72. The summed E-state index contributed by atoms with van der Waals surface area (Å²) in [5.41, 5.74) is 7.60. The van der Waals surface area contributed by atoms with Crippen LogP contribution in [0.2, 0.25) is 0 Å². The van der Waals surface area contributed by atoms with Crippen molar-refractivity contribution in [1.29, 1.82) is 0 Å². The van der Waals surface area contributed by atoms with E-state index in [9.17, 15) is 34.5 Å². The number of rotatable bonds is 12. The van der Waals surface area contributed by atoms with Gasteiger partial charge in [0.1, 0.15) is 23.4 Å². The number of nitrogen functional groups attached to an aromatic ring is 1. The Labute approximate surface area is 368 Å². The van der Waals surface area contributed by atoms with Crippen LogP contribution in [0.5, 0.6) is 5.75 Å². The molecule has 8 rings (SSSR count). The van der Waals surface area contributed by atoms with Crippen molar-refractivity contribution in [3.63, 3.8) is 0 Å². The molecule has 332 valence electrons. The summed E-state index contributed by atoms with van der Waals surface area (Å²) in [5, 5.41) is 33.3. The summed E-state index contributed by atoms with van der Waals surface area (Å²) in [6, 6.07) is 7.20. The largest absolute Gasteiger partial charge is 0.481 e. The predicted molar refractivity (Wildman–Crippen MR) is 238 cm³/mol. The molecule has 0 unspecified atom stereocenters. The molecule has 1 saturated heterocycles. The van der Waals surface area contributed by atoms with Gasteiger partial charge >= 0.3 is 11.6 Å². The van der Waals surface area contributed by atoms with Crippen molar-refractivity contribution < 1.29 is 43.6 Å². The molecule has 14 nitrogen and oxygen atoms in total. The van der Waals surface area contributed by atoms with Gasteiger partial charge in [0, 0.05) is 103 Å². The first-order valence-corrected chi connectivity index (χ1v) is 23.9. The fourth-order valence-corrected chi connectivity index (χ4v) is 13.9. The summed E-state index contributed by atoms with van der Waals surface area (Å²) in [6.07, 6.45) is 9.14. The summed E-state index contributed by atoms with van der Waals surface area (Å²) >= 11 is 0. The third-order valence-electron chi connectivity index (χ3n) is 14.0. The Bertz CT molecular complexity index is 2350. The Kier molecular flexibility index (Phi) is 13.0. The van der Waals surface area contributed by atoms with Crippen molar-refractivity contribution in [1.82, 2.24) is 15.2 Å². The number of allylic oxidation sites excluding steroid dienone is 1. The molecule has 5 heterocycles. The Hall–Kier alpha value is -4.19. The average molecular weight is 889 g/mol. The maximum atomic E-state index is 14.5. The zero-order valence-corrected chi connectivity index (χ0v) is 37.0. The molecule has 2 aromatic heterocycles. The highest BCUT2D eigenvalue weighted by Crippen LogP contribution is 2.59. The Balaban J connectivity index is 1.25. The molecule has 1 amide bonds. The van der Waals surface area contributed by atoms with Crippen LogP contribution in [-0.2, 0) is 38.4 Å². The van der Waals surface area contributed by atoms with Gasteiger partial charge in [-0.05, 0) is 87.4 Å². The molecule has 2 aliphatic carbocycles. The summed E-state index contributed by atoms with van der Waals surface area (Å²) in [5.74, 6) is -0.224. The molecule has 1 spiro atoms. The molecule has 0 radical (unpaired) electrons. The molecule has 62 heavy (non-hydrogen) atoms. The highest BCUT2D eigenvalue weighted by molar-refractivity contribution is 8.77. The van der Waals surface area contributed by atoms with Crippen molar-refractivity contribution >= 4 is 56.5 Å². The molecule has 0 bridgehead atoms. The molecule has 1 saturated carbocycles. The number of nitrogens with two attached hydrogens (primary N) is 1. The van der Waals surface area contributed by atoms with Gasteiger partial charge in [-0.2, -0.15) is 0 Å². The minimum atomic E-state index is -1.33. The van der Waals surface area contributed by atoms with Crippen LogP contribution in [0.25, 0.3) is 11.0 Å². The van der Waals surface area contributed by atoms with E-state index in [0.717, 1.165) is 23.0 Å². The first-order chi connectivity index (χ1) is 29.9. The first kappa shape index (κ1) is 44.4. The van der Waals surface area contributed by atoms with Crippen molar-refractivity contribution in [3.8, 4) is 5.75 Å². The lowest BCUT2D eigenvalue weighted by atomic mass is 9.61. The monoisotopic (exact) mass is 888 g/mol. The number of nitrogens with one attached hydrogen (secondary N) is 1. The van der Waals surface area contributed by atoms with E-state index in [2.05, 4.69) is 16.4 Å². The Morgan fingerprint density at radius 2 is 2.00 bits per heavy atom. The number of amides is 1. The van der Waals surface area contributed by atoms with Gasteiger partial charge in [0.15, 0.2) is 11.2 Å². The molecule has 16 heteroatoms. The second-order valence-electron chi connectivity index (χ2n) is 17.6. The molecule has 3 aromatic rings. The van der Waals surface area contributed by atoms with Crippen LogP contribution < -0.4 is 21.4 Å². The van der Waals surface area contributed by atoms with Crippen molar-refractivity contribution in [2.75, 3.05) is 44.9 Å². The number of fused-ring (bicyclic) bond motifs is 6. The van der Waals surface area contributed by atoms with E-state index >= 15 is 0 Å². The number of nitrogens with zero attached hydrogens (tertiary/aromatic N) is 2. The molecule has 9 atom stereocenters. The minimum absolute atomic E-state index is 0.0112. The summed E-state index contributed by atoms with van der Waals surface area (Å²) in [7, 11) is 5.28. The van der Waals surface area contributed by atoms with E-state index in [1.807, 2.05) is 24.9 Å². The van der Waals surface area contributed by atoms with Crippen molar-refractivity contribution in [2.45, 2.75) is 99.7 Å². The van der Waals surface area contributed by atoms with E-state index in [1.165, 1.54) is 0 Å². The number of hydrogen-bond donors (Lipinski definition) is 5. The highest BCUT2D eigenvalue weighted by Gasteiger charge is 2.64. The lowest BCUT2D eigenvalue weighted by molar-refractivity contribution is -0.183. The molecule has 6 N–H and O–H groups in total. The van der Waals surface area contributed by atoms with Crippen LogP contribution in [0.1, 0.15) is 74.1 Å². The van der Waals surface area contributed by atoms with E-state index in [-0.39, 0.29) is 98.7 Å². The third kappa shape index (κ3) is 7.89. The molecule has 3 aliphatic heterocycles. The minimum Gasteiger partial charge on any atom is -0.481 e. The van der Waals surface area contributed by atoms with Crippen LogP contribution in [0.15, 0.2) is 63.0 Å². The van der Waals surface area contributed by atoms with Gasteiger partial charge in [0.2, 0.25) is 5.91 Å². The van der Waals surface area contributed by atoms with Gasteiger partial charge in [-0.15, -0.1) is 0 Å². The van der Waals surface area contributed by atoms with E-state index in [1.54, 1.807) is 59.0 Å². The maximum Gasteiger partial charge on any atom is 0.339 e. The quantitative estimate of drug-likeness (QED) is 0.0433. The number of aromatic nitrogens is 1. The Morgan fingerprint density at radius 3 is 2.73 bits per heavy atom. The molecular formula is C46H56N4O10S2. The summed E-state index contributed by atoms with van der Waals surface area (Å²) < 4.78 is 19.8. The van der Waals surface area contributed by atoms with Crippen LogP contribution in [0.4, 0.5) is 5.82 Å². The maximum absolute atomic E-state index is 14.5. The fourth-order valence-electron chi connectivity index (χ4n) is 10.8. The fraction of sp³-hybridized carbons (Fsp3) is 0.543. The summed E-state index contributed by atoms with van der Waals surface area (Å²) in [6.45, 7) is 3.75.